The Bertz CT molecular complexity index is 300. The number of nitrogens with one attached hydrogen (secondary N) is 1. The van der Waals surface area contributed by atoms with E-state index in [2.05, 4.69) is 42.7 Å². The molecule has 3 heteroatoms. The minimum absolute atomic E-state index is 0.321. The van der Waals surface area contributed by atoms with Crippen LogP contribution < -0.4 is 5.32 Å². The maximum Gasteiger partial charge on any atom is 0.0638 e. The number of rotatable bonds is 6. The lowest BCUT2D eigenvalue weighted by molar-refractivity contribution is 0.424. The third-order valence-electron chi connectivity index (χ3n) is 2.56. The predicted molar refractivity (Wildman–Crippen MR) is 64.8 cm³/mol. The molecular weight excluding hydrogens is 204 g/mol. The Morgan fingerprint density at radius 1 is 1.47 bits per heavy atom. The molecule has 0 aliphatic heterocycles. The monoisotopic (exact) mass is 222 g/mol. The van der Waals surface area contributed by atoms with Gasteiger partial charge >= 0.3 is 0 Å². The van der Waals surface area contributed by atoms with Gasteiger partial charge in [-0.2, -0.15) is 5.26 Å². The summed E-state index contributed by atoms with van der Waals surface area (Å²) in [6.45, 7) is 4.30. The van der Waals surface area contributed by atoms with Gasteiger partial charge in [0.05, 0.1) is 12.5 Å². The van der Waals surface area contributed by atoms with E-state index in [9.17, 15) is 0 Å². The maximum absolute atomic E-state index is 8.70. The van der Waals surface area contributed by atoms with Crippen molar-refractivity contribution in [3.63, 3.8) is 0 Å². The molecule has 1 N–H and O–H groups in total. The molecule has 1 aromatic heterocycles. The van der Waals surface area contributed by atoms with Gasteiger partial charge in [-0.3, -0.25) is 0 Å². The lowest BCUT2D eigenvalue weighted by atomic mass is 10.1. The highest BCUT2D eigenvalue weighted by molar-refractivity contribution is 7.10. The molecule has 0 saturated heterocycles. The summed E-state index contributed by atoms with van der Waals surface area (Å²) in [5, 5.41) is 14.3. The Morgan fingerprint density at radius 3 is 2.73 bits per heavy atom. The van der Waals surface area contributed by atoms with Gasteiger partial charge in [0.15, 0.2) is 0 Å². The van der Waals surface area contributed by atoms with Gasteiger partial charge in [0, 0.05) is 17.0 Å². The summed E-state index contributed by atoms with van der Waals surface area (Å²) in [4.78, 5) is 1.37. The molecule has 0 aromatic carbocycles. The number of hydrogen-bond donors (Lipinski definition) is 1. The smallest absolute Gasteiger partial charge is 0.0638 e. The molecule has 0 fully saturated rings. The fraction of sp³-hybridized carbons (Fsp3) is 0.583. The largest absolute Gasteiger partial charge is 0.305 e. The lowest BCUT2D eigenvalue weighted by Crippen LogP contribution is -2.31. The Hall–Kier alpha value is -0.850. The van der Waals surface area contributed by atoms with Gasteiger partial charge in [0.25, 0.3) is 0 Å². The van der Waals surface area contributed by atoms with E-state index in [0.29, 0.717) is 18.5 Å². The third-order valence-corrected chi connectivity index (χ3v) is 3.55. The molecule has 15 heavy (non-hydrogen) atoms. The van der Waals surface area contributed by atoms with Crippen LogP contribution in [0, 0.1) is 11.3 Å². The van der Waals surface area contributed by atoms with Crippen LogP contribution in [0.25, 0.3) is 0 Å². The van der Waals surface area contributed by atoms with Crippen LogP contribution in [-0.4, -0.2) is 6.04 Å². The number of nitriles is 1. The van der Waals surface area contributed by atoms with Crippen LogP contribution in [0.5, 0.6) is 0 Å². The molecule has 82 valence electrons. The fourth-order valence-electron chi connectivity index (χ4n) is 1.61. The summed E-state index contributed by atoms with van der Waals surface area (Å²) in [6, 6.07) is 7.20. The summed E-state index contributed by atoms with van der Waals surface area (Å²) in [7, 11) is 0. The molecule has 2 nitrogen and oxygen atoms in total. The van der Waals surface area contributed by atoms with Crippen molar-refractivity contribution in [2.24, 2.45) is 0 Å². The van der Waals surface area contributed by atoms with Gasteiger partial charge in [-0.1, -0.05) is 19.9 Å². The molecule has 2 unspecified atom stereocenters. The Morgan fingerprint density at radius 2 is 2.27 bits per heavy atom. The molecule has 0 spiro atoms. The molecule has 0 bridgehead atoms. The normalized spacial score (nSPS) is 14.5. The Labute approximate surface area is 95.9 Å². The van der Waals surface area contributed by atoms with Crippen molar-refractivity contribution in [1.82, 2.24) is 5.32 Å². The van der Waals surface area contributed by atoms with E-state index in [1.807, 2.05) is 0 Å². The van der Waals surface area contributed by atoms with Crippen LogP contribution >= 0.6 is 11.3 Å². The van der Waals surface area contributed by atoms with E-state index in [1.165, 1.54) is 4.88 Å². The second-order valence-electron chi connectivity index (χ2n) is 3.61. The van der Waals surface area contributed by atoms with Crippen LogP contribution in [0.4, 0.5) is 0 Å². The van der Waals surface area contributed by atoms with Gasteiger partial charge in [-0.05, 0) is 24.3 Å². The van der Waals surface area contributed by atoms with Crippen molar-refractivity contribution >= 4 is 11.3 Å². The molecular formula is C12H18N2S. The number of thiophene rings is 1. The van der Waals surface area contributed by atoms with E-state index in [-0.39, 0.29) is 0 Å². The van der Waals surface area contributed by atoms with Crippen molar-refractivity contribution in [2.45, 2.75) is 45.2 Å². The van der Waals surface area contributed by atoms with Crippen molar-refractivity contribution < 1.29 is 0 Å². The van der Waals surface area contributed by atoms with Crippen LogP contribution in [0.15, 0.2) is 17.5 Å². The topological polar surface area (TPSA) is 35.8 Å². The molecule has 1 heterocycles. The fourth-order valence-corrected chi connectivity index (χ4v) is 2.48. The van der Waals surface area contributed by atoms with Crippen LogP contribution in [0.1, 0.15) is 44.0 Å². The first-order valence-corrected chi connectivity index (χ1v) is 6.36. The molecule has 0 aliphatic rings. The minimum Gasteiger partial charge on any atom is -0.305 e. The van der Waals surface area contributed by atoms with Gasteiger partial charge in [0.1, 0.15) is 0 Å². The molecule has 1 rings (SSSR count). The molecule has 0 saturated carbocycles. The zero-order valence-corrected chi connectivity index (χ0v) is 10.2. The first-order chi connectivity index (χ1) is 7.31. The average molecular weight is 222 g/mol. The molecule has 0 radical (unpaired) electrons. The quantitative estimate of drug-likeness (QED) is 0.800. The highest BCUT2D eigenvalue weighted by atomic mass is 32.1. The third kappa shape index (κ3) is 3.65. The molecule has 0 amide bonds. The van der Waals surface area contributed by atoms with Gasteiger partial charge < -0.3 is 5.32 Å². The SMILES string of the molecule is CCC(CC#N)NC(CC)c1cccs1. The Kier molecular flexibility index (Phi) is 5.38. The maximum atomic E-state index is 8.70. The van der Waals surface area contributed by atoms with E-state index in [4.69, 9.17) is 5.26 Å². The van der Waals surface area contributed by atoms with E-state index in [0.717, 1.165) is 12.8 Å². The van der Waals surface area contributed by atoms with Crippen LogP contribution in [-0.2, 0) is 0 Å². The van der Waals surface area contributed by atoms with Gasteiger partial charge in [-0.15, -0.1) is 11.3 Å². The number of hydrogen-bond acceptors (Lipinski definition) is 3. The van der Waals surface area contributed by atoms with Crippen molar-refractivity contribution in [3.05, 3.63) is 22.4 Å². The minimum atomic E-state index is 0.321. The van der Waals surface area contributed by atoms with Crippen molar-refractivity contribution in [3.8, 4) is 6.07 Å². The highest BCUT2D eigenvalue weighted by Gasteiger charge is 2.14. The summed E-state index contributed by atoms with van der Waals surface area (Å²) < 4.78 is 0. The van der Waals surface area contributed by atoms with E-state index >= 15 is 0 Å². The average Bonchev–Trinajstić information content (AvgIpc) is 2.77. The highest BCUT2D eigenvalue weighted by Crippen LogP contribution is 2.22. The second kappa shape index (κ2) is 6.60. The van der Waals surface area contributed by atoms with Crippen LogP contribution in [0.2, 0.25) is 0 Å². The predicted octanol–water partition coefficient (Wildman–Crippen LogP) is 3.48. The lowest BCUT2D eigenvalue weighted by Gasteiger charge is -2.21. The standard InChI is InChI=1S/C12H18N2S/c1-3-10(7-8-13)14-11(4-2)12-6-5-9-15-12/h5-6,9-11,14H,3-4,7H2,1-2H3. The summed E-state index contributed by atoms with van der Waals surface area (Å²) in [6.07, 6.45) is 2.68. The Balaban J connectivity index is 2.57. The van der Waals surface area contributed by atoms with Gasteiger partial charge in [0.2, 0.25) is 0 Å². The van der Waals surface area contributed by atoms with E-state index < -0.39 is 0 Å². The first-order valence-electron chi connectivity index (χ1n) is 5.48. The van der Waals surface area contributed by atoms with Crippen LogP contribution in [0.3, 0.4) is 0 Å². The van der Waals surface area contributed by atoms with Crippen molar-refractivity contribution in [1.29, 1.82) is 5.26 Å². The van der Waals surface area contributed by atoms with Gasteiger partial charge in [-0.25, -0.2) is 0 Å². The molecule has 0 aliphatic carbocycles. The van der Waals surface area contributed by atoms with Crippen molar-refractivity contribution in [2.75, 3.05) is 0 Å². The summed E-state index contributed by atoms with van der Waals surface area (Å²) >= 11 is 1.78. The first kappa shape index (κ1) is 12.2. The van der Waals surface area contributed by atoms with E-state index in [1.54, 1.807) is 11.3 Å². The zero-order chi connectivity index (χ0) is 11.1. The summed E-state index contributed by atoms with van der Waals surface area (Å²) in [5.41, 5.74) is 0. The zero-order valence-electron chi connectivity index (χ0n) is 9.36. The summed E-state index contributed by atoms with van der Waals surface area (Å²) in [5.74, 6) is 0. The second-order valence-corrected chi connectivity index (χ2v) is 4.59. The molecule has 2 atom stereocenters. The molecule has 1 aromatic rings. The number of nitrogens with zero attached hydrogens (tertiary/aromatic N) is 1.